The first-order valence-electron chi connectivity index (χ1n) is 5.51. The summed E-state index contributed by atoms with van der Waals surface area (Å²) < 4.78 is 5.43. The van der Waals surface area contributed by atoms with Crippen LogP contribution in [0.5, 0.6) is 0 Å². The summed E-state index contributed by atoms with van der Waals surface area (Å²) >= 11 is 0. The lowest BCUT2D eigenvalue weighted by Gasteiger charge is -2.42. The average molecular weight is 245 g/mol. The van der Waals surface area contributed by atoms with Gasteiger partial charge in [-0.3, -0.25) is 4.79 Å². The van der Waals surface area contributed by atoms with Crippen LogP contribution in [0.1, 0.15) is 13.3 Å². The molecule has 0 bridgehead atoms. The van der Waals surface area contributed by atoms with Crippen molar-refractivity contribution < 1.29 is 24.9 Å². The molecule has 6 nitrogen and oxygen atoms in total. The van der Waals surface area contributed by atoms with Crippen LogP contribution in [0.4, 0.5) is 0 Å². The van der Waals surface area contributed by atoms with E-state index in [2.05, 4.69) is 11.9 Å². The fourth-order valence-corrected chi connectivity index (χ4v) is 1.97. The number of ether oxygens (including phenoxy) is 1. The molecule has 17 heavy (non-hydrogen) atoms. The molecule has 0 spiro atoms. The van der Waals surface area contributed by atoms with E-state index in [9.17, 15) is 15.0 Å². The molecule has 0 aromatic rings. The third kappa shape index (κ3) is 3.26. The molecule has 1 fully saturated rings. The zero-order valence-electron chi connectivity index (χ0n) is 9.74. The second kappa shape index (κ2) is 6.11. The van der Waals surface area contributed by atoms with Crippen LogP contribution < -0.4 is 5.32 Å². The lowest BCUT2D eigenvalue weighted by Crippen LogP contribution is -2.63. The van der Waals surface area contributed by atoms with Gasteiger partial charge >= 0.3 is 0 Å². The highest BCUT2D eigenvalue weighted by Gasteiger charge is 2.43. The number of carbonyl (C=O) groups excluding carboxylic acids is 1. The van der Waals surface area contributed by atoms with Crippen molar-refractivity contribution in [3.05, 3.63) is 12.7 Å². The third-order valence-corrected chi connectivity index (χ3v) is 2.80. The van der Waals surface area contributed by atoms with E-state index in [1.165, 1.54) is 6.92 Å². The van der Waals surface area contributed by atoms with Crippen molar-refractivity contribution in [1.29, 1.82) is 0 Å². The Kier molecular flexibility index (Phi) is 5.07. The van der Waals surface area contributed by atoms with Crippen LogP contribution in [-0.4, -0.2) is 58.3 Å². The van der Waals surface area contributed by atoms with Gasteiger partial charge in [0, 0.05) is 6.92 Å². The molecule has 5 atom stereocenters. The van der Waals surface area contributed by atoms with Gasteiger partial charge in [0.1, 0.15) is 18.3 Å². The predicted octanol–water partition coefficient (Wildman–Crippen LogP) is -1.45. The molecule has 0 aromatic carbocycles. The highest BCUT2D eigenvalue weighted by atomic mass is 16.5. The van der Waals surface area contributed by atoms with Gasteiger partial charge in [-0.1, -0.05) is 6.08 Å². The SMILES string of the molecule is C=CC[C@H]1O[C@H](CO)[C@H](O)[C@H](O)[C@H]1NC(C)=O. The Labute approximate surface area is 99.9 Å². The molecule has 0 saturated carbocycles. The Balaban J connectivity index is 2.82. The maximum atomic E-state index is 11.0. The van der Waals surface area contributed by atoms with Crippen molar-refractivity contribution in [3.8, 4) is 0 Å². The third-order valence-electron chi connectivity index (χ3n) is 2.80. The van der Waals surface area contributed by atoms with Gasteiger partial charge in [0.2, 0.25) is 5.91 Å². The van der Waals surface area contributed by atoms with E-state index in [0.717, 1.165) is 0 Å². The van der Waals surface area contributed by atoms with Crippen molar-refractivity contribution in [2.75, 3.05) is 6.61 Å². The van der Waals surface area contributed by atoms with E-state index in [-0.39, 0.29) is 5.91 Å². The summed E-state index contributed by atoms with van der Waals surface area (Å²) in [5.74, 6) is -0.318. The van der Waals surface area contributed by atoms with Gasteiger partial charge in [-0.15, -0.1) is 6.58 Å². The lowest BCUT2D eigenvalue weighted by molar-refractivity contribution is -0.194. The molecule has 1 aliphatic rings. The molecule has 1 saturated heterocycles. The number of carbonyl (C=O) groups is 1. The summed E-state index contributed by atoms with van der Waals surface area (Å²) in [7, 11) is 0. The van der Waals surface area contributed by atoms with Crippen LogP contribution in [0.15, 0.2) is 12.7 Å². The molecule has 1 heterocycles. The largest absolute Gasteiger partial charge is 0.394 e. The van der Waals surface area contributed by atoms with Crippen LogP contribution >= 0.6 is 0 Å². The Bertz CT molecular complexity index is 283. The maximum Gasteiger partial charge on any atom is 0.217 e. The second-order valence-electron chi connectivity index (χ2n) is 4.13. The average Bonchev–Trinajstić information content (AvgIpc) is 2.28. The molecule has 0 aromatic heterocycles. The number of rotatable bonds is 4. The molecule has 1 amide bonds. The summed E-state index contributed by atoms with van der Waals surface area (Å²) in [6.07, 6.45) is -1.75. The molecule has 0 unspecified atom stereocenters. The number of aliphatic hydroxyl groups excluding tert-OH is 3. The standard InChI is InChI=1S/C11H19NO5/c1-3-4-7-9(12-6(2)14)11(16)10(15)8(5-13)17-7/h3,7-11,13,15-16H,1,4-5H2,2H3,(H,12,14)/t7-,8-,9+,10+,11-/m1/s1. The van der Waals surface area contributed by atoms with Crippen LogP contribution in [0.2, 0.25) is 0 Å². The first kappa shape index (κ1) is 14.1. The first-order valence-corrected chi connectivity index (χ1v) is 5.51. The van der Waals surface area contributed by atoms with Gasteiger partial charge in [-0.25, -0.2) is 0 Å². The van der Waals surface area contributed by atoms with Crippen LogP contribution in [0.25, 0.3) is 0 Å². The molecular formula is C11H19NO5. The van der Waals surface area contributed by atoms with Crippen LogP contribution in [0.3, 0.4) is 0 Å². The smallest absolute Gasteiger partial charge is 0.217 e. The Morgan fingerprint density at radius 1 is 1.41 bits per heavy atom. The van der Waals surface area contributed by atoms with E-state index in [1.807, 2.05) is 0 Å². The zero-order valence-corrected chi connectivity index (χ0v) is 9.74. The molecule has 6 heteroatoms. The van der Waals surface area contributed by atoms with Crippen molar-refractivity contribution in [1.82, 2.24) is 5.32 Å². The molecule has 1 aliphatic heterocycles. The number of amides is 1. The molecular weight excluding hydrogens is 226 g/mol. The predicted molar refractivity (Wildman–Crippen MR) is 60.2 cm³/mol. The van der Waals surface area contributed by atoms with E-state index >= 15 is 0 Å². The maximum absolute atomic E-state index is 11.0. The van der Waals surface area contributed by atoms with E-state index in [4.69, 9.17) is 9.84 Å². The van der Waals surface area contributed by atoms with Crippen LogP contribution in [0, 0.1) is 0 Å². The van der Waals surface area contributed by atoms with Gasteiger partial charge in [0.25, 0.3) is 0 Å². The highest BCUT2D eigenvalue weighted by Crippen LogP contribution is 2.23. The number of hydrogen-bond donors (Lipinski definition) is 4. The molecule has 0 radical (unpaired) electrons. The quantitative estimate of drug-likeness (QED) is 0.454. The zero-order chi connectivity index (χ0) is 13.0. The lowest BCUT2D eigenvalue weighted by atomic mass is 9.91. The first-order chi connectivity index (χ1) is 8.01. The van der Waals surface area contributed by atoms with Crippen molar-refractivity contribution in [2.45, 2.75) is 43.8 Å². The Morgan fingerprint density at radius 2 is 2.06 bits per heavy atom. The minimum atomic E-state index is -1.22. The van der Waals surface area contributed by atoms with Gasteiger partial charge in [-0.2, -0.15) is 0 Å². The van der Waals surface area contributed by atoms with E-state index in [0.29, 0.717) is 6.42 Å². The Hall–Kier alpha value is -0.950. The summed E-state index contributed by atoms with van der Waals surface area (Å²) in [6, 6.07) is -0.705. The monoisotopic (exact) mass is 245 g/mol. The van der Waals surface area contributed by atoms with Gasteiger partial charge in [0.15, 0.2) is 0 Å². The minimum absolute atomic E-state index is 0.318. The van der Waals surface area contributed by atoms with E-state index < -0.39 is 37.1 Å². The van der Waals surface area contributed by atoms with Crippen molar-refractivity contribution >= 4 is 5.91 Å². The van der Waals surface area contributed by atoms with Gasteiger partial charge in [-0.05, 0) is 6.42 Å². The Morgan fingerprint density at radius 3 is 2.53 bits per heavy atom. The summed E-state index contributed by atoms with van der Waals surface area (Å²) in [5.41, 5.74) is 0. The summed E-state index contributed by atoms with van der Waals surface area (Å²) in [4.78, 5) is 11.0. The number of nitrogens with one attached hydrogen (secondary N) is 1. The normalized spacial score (nSPS) is 37.5. The molecule has 0 aliphatic carbocycles. The fourth-order valence-electron chi connectivity index (χ4n) is 1.97. The van der Waals surface area contributed by atoms with Crippen LogP contribution in [-0.2, 0) is 9.53 Å². The van der Waals surface area contributed by atoms with E-state index in [1.54, 1.807) is 6.08 Å². The molecule has 1 rings (SSSR count). The van der Waals surface area contributed by atoms with Gasteiger partial charge < -0.3 is 25.4 Å². The number of hydrogen-bond acceptors (Lipinski definition) is 5. The summed E-state index contributed by atoms with van der Waals surface area (Å²) in [5, 5.41) is 31.2. The minimum Gasteiger partial charge on any atom is -0.394 e. The van der Waals surface area contributed by atoms with Crippen molar-refractivity contribution in [3.63, 3.8) is 0 Å². The van der Waals surface area contributed by atoms with Crippen molar-refractivity contribution in [2.24, 2.45) is 0 Å². The molecule has 98 valence electrons. The number of aliphatic hydroxyl groups is 3. The highest BCUT2D eigenvalue weighted by molar-refractivity contribution is 5.73. The fraction of sp³-hybridized carbons (Fsp3) is 0.727. The topological polar surface area (TPSA) is 99.0 Å². The summed E-state index contributed by atoms with van der Waals surface area (Å²) in [6.45, 7) is 4.50. The second-order valence-corrected chi connectivity index (χ2v) is 4.13. The van der Waals surface area contributed by atoms with Gasteiger partial charge in [0.05, 0.1) is 18.8 Å². The molecule has 4 N–H and O–H groups in total.